The number of aryl methyl sites for hydroxylation is 1. The summed E-state index contributed by atoms with van der Waals surface area (Å²) in [4.78, 5) is 14.9. The zero-order valence-electron chi connectivity index (χ0n) is 13.4. The Hall–Kier alpha value is -1.51. The Bertz CT molecular complexity index is 450. The molecule has 0 aliphatic rings. The van der Waals surface area contributed by atoms with Gasteiger partial charge in [0.25, 0.3) is 5.91 Å². The molecular formula is C17H28N2O. The van der Waals surface area contributed by atoms with E-state index in [9.17, 15) is 4.79 Å². The molecule has 1 aromatic carbocycles. The number of rotatable bonds is 6. The van der Waals surface area contributed by atoms with Gasteiger partial charge in [-0.2, -0.15) is 0 Å². The molecule has 0 aliphatic heterocycles. The fourth-order valence-corrected chi connectivity index (χ4v) is 2.55. The second-order valence-electron chi connectivity index (χ2n) is 5.90. The summed E-state index contributed by atoms with van der Waals surface area (Å²) in [6.45, 7) is 11.3. The van der Waals surface area contributed by atoms with Gasteiger partial charge in [-0.3, -0.25) is 4.79 Å². The van der Waals surface area contributed by atoms with Crippen molar-refractivity contribution in [3.63, 3.8) is 0 Å². The first-order chi connectivity index (χ1) is 9.40. The van der Waals surface area contributed by atoms with E-state index in [-0.39, 0.29) is 5.91 Å². The van der Waals surface area contributed by atoms with Gasteiger partial charge in [-0.05, 0) is 43.4 Å². The standard InChI is InChI=1S/C17H28N2O/c1-6-15(7-2)19(11-12(3)4)17(20)16-10-14(18)9-8-13(16)5/h8-10,12,15H,6-7,11,18H2,1-5H3. The monoisotopic (exact) mass is 276 g/mol. The molecule has 0 unspecified atom stereocenters. The van der Waals surface area contributed by atoms with Crippen LogP contribution in [0.2, 0.25) is 0 Å². The van der Waals surface area contributed by atoms with E-state index in [2.05, 4.69) is 27.7 Å². The lowest BCUT2D eigenvalue weighted by atomic mass is 10.0. The quantitative estimate of drug-likeness (QED) is 0.802. The average Bonchev–Trinajstić information content (AvgIpc) is 2.40. The zero-order chi connectivity index (χ0) is 15.3. The number of hydrogen-bond donors (Lipinski definition) is 1. The number of carbonyl (C=O) groups excluding carboxylic acids is 1. The minimum atomic E-state index is 0.109. The van der Waals surface area contributed by atoms with Crippen molar-refractivity contribution >= 4 is 11.6 Å². The minimum absolute atomic E-state index is 0.109. The highest BCUT2D eigenvalue weighted by molar-refractivity contribution is 5.96. The summed E-state index contributed by atoms with van der Waals surface area (Å²) in [6, 6.07) is 5.86. The molecular weight excluding hydrogens is 248 g/mol. The number of hydrogen-bond acceptors (Lipinski definition) is 2. The van der Waals surface area contributed by atoms with Crippen molar-refractivity contribution in [3.8, 4) is 0 Å². The van der Waals surface area contributed by atoms with Gasteiger partial charge in [0.2, 0.25) is 0 Å². The van der Waals surface area contributed by atoms with E-state index >= 15 is 0 Å². The van der Waals surface area contributed by atoms with Crippen LogP contribution in [0.1, 0.15) is 56.5 Å². The van der Waals surface area contributed by atoms with Gasteiger partial charge in [-0.15, -0.1) is 0 Å². The van der Waals surface area contributed by atoms with Gasteiger partial charge < -0.3 is 10.6 Å². The molecule has 1 amide bonds. The third-order valence-electron chi connectivity index (χ3n) is 3.70. The lowest BCUT2D eigenvalue weighted by Gasteiger charge is -2.32. The SMILES string of the molecule is CCC(CC)N(CC(C)C)C(=O)c1cc(N)ccc1C. The number of nitrogens with two attached hydrogens (primary N) is 1. The van der Waals surface area contributed by atoms with Crippen LogP contribution in [0.15, 0.2) is 18.2 Å². The second kappa shape index (κ2) is 7.32. The second-order valence-corrected chi connectivity index (χ2v) is 5.90. The molecule has 2 N–H and O–H groups in total. The number of amides is 1. The third-order valence-corrected chi connectivity index (χ3v) is 3.70. The topological polar surface area (TPSA) is 46.3 Å². The summed E-state index contributed by atoms with van der Waals surface area (Å²) in [7, 11) is 0. The van der Waals surface area contributed by atoms with Crippen LogP contribution in [-0.4, -0.2) is 23.4 Å². The first-order valence-corrected chi connectivity index (χ1v) is 7.57. The van der Waals surface area contributed by atoms with Gasteiger partial charge in [0, 0.05) is 23.8 Å². The number of carbonyl (C=O) groups is 1. The Kier molecular flexibility index (Phi) is 6.05. The molecule has 0 atom stereocenters. The van der Waals surface area contributed by atoms with Crippen molar-refractivity contribution < 1.29 is 4.79 Å². The molecule has 0 saturated carbocycles. The lowest BCUT2D eigenvalue weighted by Crippen LogP contribution is -2.42. The third kappa shape index (κ3) is 3.99. The molecule has 3 nitrogen and oxygen atoms in total. The molecule has 0 spiro atoms. The average molecular weight is 276 g/mol. The van der Waals surface area contributed by atoms with Crippen molar-refractivity contribution in [1.82, 2.24) is 4.90 Å². The summed E-state index contributed by atoms with van der Waals surface area (Å²) in [6.07, 6.45) is 1.96. The Morgan fingerprint density at radius 2 is 1.85 bits per heavy atom. The number of benzene rings is 1. The van der Waals surface area contributed by atoms with Gasteiger partial charge >= 0.3 is 0 Å². The molecule has 0 aromatic heterocycles. The summed E-state index contributed by atoms with van der Waals surface area (Å²) in [5.41, 5.74) is 8.21. The maximum Gasteiger partial charge on any atom is 0.254 e. The van der Waals surface area contributed by atoms with E-state index in [0.717, 1.165) is 30.5 Å². The molecule has 0 heterocycles. The van der Waals surface area contributed by atoms with Crippen LogP contribution in [0.5, 0.6) is 0 Å². The number of anilines is 1. The predicted molar refractivity (Wildman–Crippen MR) is 85.8 cm³/mol. The minimum Gasteiger partial charge on any atom is -0.399 e. The van der Waals surface area contributed by atoms with Gasteiger partial charge in [-0.25, -0.2) is 0 Å². The lowest BCUT2D eigenvalue weighted by molar-refractivity contribution is 0.0639. The first kappa shape index (κ1) is 16.5. The van der Waals surface area contributed by atoms with Crippen molar-refractivity contribution in [3.05, 3.63) is 29.3 Å². The molecule has 0 fully saturated rings. The maximum atomic E-state index is 12.9. The van der Waals surface area contributed by atoms with Gasteiger partial charge in [0.1, 0.15) is 0 Å². The molecule has 112 valence electrons. The van der Waals surface area contributed by atoms with E-state index < -0.39 is 0 Å². The number of nitrogen functional groups attached to an aromatic ring is 1. The Morgan fingerprint density at radius 1 is 1.25 bits per heavy atom. The maximum absolute atomic E-state index is 12.9. The molecule has 0 aliphatic carbocycles. The highest BCUT2D eigenvalue weighted by Gasteiger charge is 2.24. The largest absolute Gasteiger partial charge is 0.399 e. The zero-order valence-corrected chi connectivity index (χ0v) is 13.4. The van der Waals surface area contributed by atoms with Gasteiger partial charge in [0.15, 0.2) is 0 Å². The van der Waals surface area contributed by atoms with Crippen LogP contribution < -0.4 is 5.73 Å². The van der Waals surface area contributed by atoms with Gasteiger partial charge in [-0.1, -0.05) is 33.8 Å². The molecule has 1 rings (SSSR count). The van der Waals surface area contributed by atoms with E-state index in [1.165, 1.54) is 0 Å². The smallest absolute Gasteiger partial charge is 0.254 e. The fraction of sp³-hybridized carbons (Fsp3) is 0.588. The summed E-state index contributed by atoms with van der Waals surface area (Å²) < 4.78 is 0. The summed E-state index contributed by atoms with van der Waals surface area (Å²) in [5.74, 6) is 0.568. The van der Waals surface area contributed by atoms with E-state index in [0.29, 0.717) is 17.6 Å². The molecule has 20 heavy (non-hydrogen) atoms. The Labute approximate surface area is 123 Å². The fourth-order valence-electron chi connectivity index (χ4n) is 2.55. The molecule has 1 aromatic rings. The summed E-state index contributed by atoms with van der Waals surface area (Å²) in [5, 5.41) is 0. The highest BCUT2D eigenvalue weighted by atomic mass is 16.2. The van der Waals surface area contributed by atoms with E-state index in [1.54, 1.807) is 6.07 Å². The van der Waals surface area contributed by atoms with Crippen LogP contribution >= 0.6 is 0 Å². The van der Waals surface area contributed by atoms with E-state index in [1.807, 2.05) is 24.0 Å². The van der Waals surface area contributed by atoms with E-state index in [4.69, 9.17) is 5.73 Å². The van der Waals surface area contributed by atoms with Crippen molar-refractivity contribution in [2.75, 3.05) is 12.3 Å². The highest BCUT2D eigenvalue weighted by Crippen LogP contribution is 2.20. The Morgan fingerprint density at radius 3 is 2.35 bits per heavy atom. The van der Waals surface area contributed by atoms with Crippen LogP contribution in [0.3, 0.4) is 0 Å². The summed E-state index contributed by atoms with van der Waals surface area (Å²) >= 11 is 0. The Balaban J connectivity index is 3.12. The van der Waals surface area contributed by atoms with Crippen LogP contribution in [0.25, 0.3) is 0 Å². The van der Waals surface area contributed by atoms with Crippen molar-refractivity contribution in [2.45, 2.75) is 53.5 Å². The molecule has 0 radical (unpaired) electrons. The van der Waals surface area contributed by atoms with Crippen LogP contribution in [-0.2, 0) is 0 Å². The molecule has 0 bridgehead atoms. The van der Waals surface area contributed by atoms with Crippen molar-refractivity contribution in [2.24, 2.45) is 5.92 Å². The molecule has 3 heteroatoms. The predicted octanol–water partition coefficient (Wildman–Crippen LogP) is 3.86. The normalized spacial score (nSPS) is 11.2. The van der Waals surface area contributed by atoms with Gasteiger partial charge in [0.05, 0.1) is 0 Å². The van der Waals surface area contributed by atoms with Crippen LogP contribution in [0.4, 0.5) is 5.69 Å². The first-order valence-electron chi connectivity index (χ1n) is 7.57. The number of nitrogens with zero attached hydrogens (tertiary/aromatic N) is 1. The molecule has 0 saturated heterocycles. The van der Waals surface area contributed by atoms with Crippen molar-refractivity contribution in [1.29, 1.82) is 0 Å². The van der Waals surface area contributed by atoms with Crippen LogP contribution in [0, 0.1) is 12.8 Å².